The Balaban J connectivity index is 1.49. The number of hydrogen-bond acceptors (Lipinski definition) is 8. The van der Waals surface area contributed by atoms with Gasteiger partial charge in [-0.25, -0.2) is 14.8 Å². The van der Waals surface area contributed by atoms with Crippen molar-refractivity contribution in [3.05, 3.63) is 58.6 Å². The first kappa shape index (κ1) is 26.8. The van der Waals surface area contributed by atoms with Gasteiger partial charge in [0.15, 0.2) is 6.23 Å². The van der Waals surface area contributed by atoms with Crippen molar-refractivity contribution in [3.63, 3.8) is 0 Å². The van der Waals surface area contributed by atoms with E-state index in [2.05, 4.69) is 9.97 Å². The van der Waals surface area contributed by atoms with Crippen LogP contribution in [0.2, 0.25) is 5.15 Å². The van der Waals surface area contributed by atoms with Crippen molar-refractivity contribution in [2.75, 3.05) is 6.54 Å². The second-order valence-corrected chi connectivity index (χ2v) is 11.8. The van der Waals surface area contributed by atoms with Gasteiger partial charge in [-0.3, -0.25) is 0 Å². The number of rotatable bonds is 3. The first-order valence-corrected chi connectivity index (χ1v) is 12.9. The average Bonchev–Trinajstić information content (AvgIpc) is 3.36. The molecule has 2 aliphatic heterocycles. The van der Waals surface area contributed by atoms with Crippen molar-refractivity contribution in [1.82, 2.24) is 19.4 Å². The highest BCUT2D eigenvalue weighted by molar-refractivity contribution is 6.33. The Labute approximate surface area is 225 Å². The summed E-state index contributed by atoms with van der Waals surface area (Å²) in [6, 6.07) is 7.26. The number of halogens is 1. The fourth-order valence-corrected chi connectivity index (χ4v) is 5.73. The molecule has 0 saturated carbocycles. The van der Waals surface area contributed by atoms with E-state index in [9.17, 15) is 20.1 Å². The predicted octanol–water partition coefficient (Wildman–Crippen LogP) is 3.29. The minimum absolute atomic E-state index is 0.231. The van der Waals surface area contributed by atoms with Gasteiger partial charge in [0, 0.05) is 19.3 Å². The molecule has 0 spiro atoms. The van der Waals surface area contributed by atoms with Gasteiger partial charge in [-0.1, -0.05) is 29.8 Å². The van der Waals surface area contributed by atoms with Crippen molar-refractivity contribution in [1.29, 1.82) is 0 Å². The minimum atomic E-state index is -1.84. The van der Waals surface area contributed by atoms with Crippen LogP contribution in [0, 0.1) is 0 Å². The Morgan fingerprint density at radius 3 is 2.68 bits per heavy atom. The fraction of sp³-hybridized carbons (Fsp3) is 0.519. The van der Waals surface area contributed by atoms with Crippen LogP contribution in [-0.4, -0.2) is 70.8 Å². The number of aromatic nitrogens is 3. The highest BCUT2D eigenvalue weighted by atomic mass is 35.5. The summed E-state index contributed by atoms with van der Waals surface area (Å²) in [4.78, 5) is 22.7. The first-order chi connectivity index (χ1) is 17.7. The third-order valence-electron chi connectivity index (χ3n) is 7.39. The Hall–Kier alpha value is -2.76. The lowest BCUT2D eigenvalue weighted by molar-refractivity contribution is -0.162. The van der Waals surface area contributed by atoms with Gasteiger partial charge in [0.1, 0.15) is 46.1 Å². The summed E-state index contributed by atoms with van der Waals surface area (Å²) in [5.41, 5.74) is -1.54. The summed E-state index contributed by atoms with van der Waals surface area (Å²) in [5, 5.41) is 35.5. The van der Waals surface area contributed by atoms with Crippen LogP contribution in [0.25, 0.3) is 11.0 Å². The average molecular weight is 545 g/mol. The molecule has 2 aliphatic rings. The molecule has 38 heavy (non-hydrogen) atoms. The molecule has 1 saturated heterocycles. The van der Waals surface area contributed by atoms with Crippen molar-refractivity contribution < 1.29 is 29.6 Å². The zero-order chi connectivity index (χ0) is 27.6. The Kier molecular flexibility index (Phi) is 6.47. The van der Waals surface area contributed by atoms with Gasteiger partial charge < -0.3 is 34.3 Å². The fourth-order valence-electron chi connectivity index (χ4n) is 5.54. The van der Waals surface area contributed by atoms with Crippen LogP contribution in [-0.2, 0) is 28.0 Å². The van der Waals surface area contributed by atoms with E-state index in [-0.39, 0.29) is 11.7 Å². The normalized spacial score (nSPS) is 27.3. The number of carbonyl (C=O) groups excluding carboxylic acids is 1. The summed E-state index contributed by atoms with van der Waals surface area (Å²) in [6.45, 7) is 9.14. The molecular formula is C27H33ClN4O6. The molecule has 0 radical (unpaired) electrons. The third-order valence-corrected chi connectivity index (χ3v) is 7.69. The van der Waals surface area contributed by atoms with E-state index in [1.165, 1.54) is 13.3 Å². The molecule has 5 rings (SSSR count). The quantitative estimate of drug-likeness (QED) is 0.428. The number of benzene rings is 1. The lowest BCUT2D eigenvalue weighted by Crippen LogP contribution is -2.54. The largest absolute Gasteiger partial charge is 0.444 e. The van der Waals surface area contributed by atoms with Crippen molar-refractivity contribution >= 4 is 28.7 Å². The molecule has 3 N–H and O–H groups in total. The van der Waals surface area contributed by atoms with Crippen LogP contribution in [0.15, 0.2) is 36.8 Å². The topological polar surface area (TPSA) is 130 Å². The highest BCUT2D eigenvalue weighted by Gasteiger charge is 2.60. The number of hydrogen-bond donors (Lipinski definition) is 3. The molecule has 5 atom stereocenters. The molecule has 0 aliphatic carbocycles. The van der Waals surface area contributed by atoms with Crippen LogP contribution >= 0.6 is 11.6 Å². The third kappa shape index (κ3) is 4.44. The van der Waals surface area contributed by atoms with Crippen LogP contribution < -0.4 is 0 Å². The summed E-state index contributed by atoms with van der Waals surface area (Å²) in [5.74, 6) is 0. The maximum absolute atomic E-state index is 12.8. The standard InChI is InChI=1S/C27H33ClN4O6/c1-25(2,3)38-24(34)31-11-9-15-7-6-8-18(17(15)13-31)26(4,35)23-27(5,36)19(33)22(37-23)32-12-10-16-20(28)29-14-30-21(16)32/h6-8,10,12,14,19,22-23,33,35-36H,9,11,13H2,1-5H3/t19-,22+,23+,26?,27-/m0/s1. The molecule has 1 fully saturated rings. The van der Waals surface area contributed by atoms with Gasteiger partial charge in [-0.2, -0.15) is 0 Å². The number of aliphatic hydroxyl groups excluding tert-OH is 1. The molecule has 1 aromatic carbocycles. The van der Waals surface area contributed by atoms with Crippen molar-refractivity contribution in [2.45, 2.75) is 82.8 Å². The monoisotopic (exact) mass is 544 g/mol. The lowest BCUT2D eigenvalue weighted by Gasteiger charge is -2.40. The molecule has 2 aromatic heterocycles. The SMILES string of the molecule is CC(C)(C)OC(=O)N1CCc2cccc(C(C)(O)[C@H]3O[C@@H](n4ccc5c(Cl)ncnc54)[C@H](O)[C@]3(C)O)c2C1. The first-order valence-electron chi connectivity index (χ1n) is 12.6. The van der Waals surface area contributed by atoms with E-state index in [0.717, 1.165) is 11.1 Å². The van der Waals surface area contributed by atoms with E-state index in [4.69, 9.17) is 21.1 Å². The highest BCUT2D eigenvalue weighted by Crippen LogP contribution is 2.47. The Bertz CT molecular complexity index is 1380. The van der Waals surface area contributed by atoms with Gasteiger partial charge in [0.05, 0.1) is 5.39 Å². The van der Waals surface area contributed by atoms with Gasteiger partial charge in [0.2, 0.25) is 0 Å². The summed E-state index contributed by atoms with van der Waals surface area (Å²) >= 11 is 6.19. The number of fused-ring (bicyclic) bond motifs is 2. The summed E-state index contributed by atoms with van der Waals surface area (Å²) < 4.78 is 13.4. The summed E-state index contributed by atoms with van der Waals surface area (Å²) in [7, 11) is 0. The predicted molar refractivity (Wildman–Crippen MR) is 139 cm³/mol. The van der Waals surface area contributed by atoms with E-state index in [1.54, 1.807) is 34.7 Å². The molecular weight excluding hydrogens is 512 g/mol. The molecule has 11 heteroatoms. The molecule has 1 unspecified atom stereocenters. The number of carbonyl (C=O) groups is 1. The van der Waals surface area contributed by atoms with E-state index < -0.39 is 41.3 Å². The molecule has 4 heterocycles. The zero-order valence-electron chi connectivity index (χ0n) is 22.1. The molecule has 1 amide bonds. The van der Waals surface area contributed by atoms with E-state index in [1.807, 2.05) is 32.9 Å². The van der Waals surface area contributed by atoms with Crippen LogP contribution in [0.3, 0.4) is 0 Å². The van der Waals surface area contributed by atoms with Gasteiger partial charge in [-0.15, -0.1) is 0 Å². The second kappa shape index (κ2) is 9.17. The van der Waals surface area contributed by atoms with E-state index >= 15 is 0 Å². The van der Waals surface area contributed by atoms with Crippen LogP contribution in [0.1, 0.15) is 57.5 Å². The van der Waals surface area contributed by atoms with Gasteiger partial charge in [-0.05, 0) is 63.8 Å². The molecule has 204 valence electrons. The number of amides is 1. The Morgan fingerprint density at radius 2 is 1.97 bits per heavy atom. The number of nitrogens with zero attached hydrogens (tertiary/aromatic N) is 4. The maximum Gasteiger partial charge on any atom is 0.410 e. The van der Waals surface area contributed by atoms with Crippen molar-refractivity contribution in [3.8, 4) is 0 Å². The van der Waals surface area contributed by atoms with Gasteiger partial charge in [0.25, 0.3) is 0 Å². The maximum atomic E-state index is 12.8. The summed E-state index contributed by atoms with van der Waals surface area (Å²) in [6.07, 6.45) is -0.577. The molecule has 0 bridgehead atoms. The number of aliphatic hydroxyl groups is 3. The Morgan fingerprint density at radius 1 is 1.24 bits per heavy atom. The zero-order valence-corrected chi connectivity index (χ0v) is 22.8. The minimum Gasteiger partial charge on any atom is -0.444 e. The van der Waals surface area contributed by atoms with Gasteiger partial charge >= 0.3 is 6.09 Å². The molecule has 10 nitrogen and oxygen atoms in total. The van der Waals surface area contributed by atoms with E-state index in [0.29, 0.717) is 29.6 Å². The smallest absolute Gasteiger partial charge is 0.410 e. The van der Waals surface area contributed by atoms with Crippen LogP contribution in [0.4, 0.5) is 4.79 Å². The van der Waals surface area contributed by atoms with Crippen LogP contribution in [0.5, 0.6) is 0 Å². The van der Waals surface area contributed by atoms with Crippen molar-refractivity contribution in [2.24, 2.45) is 0 Å². The molecule has 3 aromatic rings. The lowest BCUT2D eigenvalue weighted by atomic mass is 9.77. The number of ether oxygens (including phenoxy) is 2. The second-order valence-electron chi connectivity index (χ2n) is 11.4.